The maximum absolute atomic E-state index is 11.6. The first-order chi connectivity index (χ1) is 6.50. The maximum Gasteiger partial charge on any atom is 0.317 e. The third-order valence-corrected chi connectivity index (χ3v) is 2.70. The molecule has 2 amide bonds. The van der Waals surface area contributed by atoms with Crippen LogP contribution in [0.25, 0.3) is 0 Å². The molecule has 0 aromatic heterocycles. The molecule has 0 radical (unpaired) electrons. The van der Waals surface area contributed by atoms with Gasteiger partial charge >= 0.3 is 6.03 Å². The minimum atomic E-state index is 0.0413. The van der Waals surface area contributed by atoms with Crippen LogP contribution in [-0.2, 0) is 0 Å². The highest BCUT2D eigenvalue weighted by molar-refractivity contribution is 5.74. The van der Waals surface area contributed by atoms with Gasteiger partial charge in [0.25, 0.3) is 0 Å². The van der Waals surface area contributed by atoms with E-state index in [0.717, 1.165) is 19.4 Å². The Morgan fingerprint density at radius 1 is 1.36 bits per heavy atom. The highest BCUT2D eigenvalue weighted by Gasteiger charge is 2.17. The summed E-state index contributed by atoms with van der Waals surface area (Å²) >= 11 is 0. The van der Waals surface area contributed by atoms with Crippen molar-refractivity contribution in [1.29, 1.82) is 0 Å². The Balaban J connectivity index is 3.86. The molecule has 3 heteroatoms. The van der Waals surface area contributed by atoms with Crippen LogP contribution in [0, 0.1) is 5.92 Å². The van der Waals surface area contributed by atoms with E-state index in [0.29, 0.717) is 5.92 Å². The third kappa shape index (κ3) is 4.49. The summed E-state index contributed by atoms with van der Waals surface area (Å²) in [7, 11) is 1.85. The average Bonchev–Trinajstić information content (AvgIpc) is 2.15. The lowest BCUT2D eigenvalue weighted by Gasteiger charge is -2.28. The van der Waals surface area contributed by atoms with E-state index in [-0.39, 0.29) is 12.1 Å². The standard InChI is InChI=1S/C11H24N2O/c1-6-7-8-12-11(14)13(5)10(4)9(2)3/h9-10H,6-8H2,1-5H3,(H,12,14). The van der Waals surface area contributed by atoms with Crippen molar-refractivity contribution >= 4 is 6.03 Å². The summed E-state index contributed by atoms with van der Waals surface area (Å²) in [6, 6.07) is 0.330. The van der Waals surface area contributed by atoms with Crippen molar-refractivity contribution in [3.8, 4) is 0 Å². The summed E-state index contributed by atoms with van der Waals surface area (Å²) in [5.74, 6) is 0.497. The summed E-state index contributed by atoms with van der Waals surface area (Å²) < 4.78 is 0. The molecule has 0 aliphatic heterocycles. The molecule has 0 rings (SSSR count). The zero-order valence-electron chi connectivity index (χ0n) is 10.1. The van der Waals surface area contributed by atoms with Crippen molar-refractivity contribution in [1.82, 2.24) is 10.2 Å². The molecular weight excluding hydrogens is 176 g/mol. The van der Waals surface area contributed by atoms with Crippen LogP contribution in [-0.4, -0.2) is 30.6 Å². The van der Waals surface area contributed by atoms with E-state index < -0.39 is 0 Å². The molecule has 0 aliphatic carbocycles. The van der Waals surface area contributed by atoms with Crippen LogP contribution >= 0.6 is 0 Å². The number of nitrogens with one attached hydrogen (secondary N) is 1. The van der Waals surface area contributed by atoms with E-state index >= 15 is 0 Å². The van der Waals surface area contributed by atoms with E-state index in [9.17, 15) is 4.79 Å². The SMILES string of the molecule is CCCCNC(=O)N(C)C(C)C(C)C. The number of hydrogen-bond donors (Lipinski definition) is 1. The maximum atomic E-state index is 11.6. The first-order valence-corrected chi connectivity index (χ1v) is 5.51. The smallest absolute Gasteiger partial charge is 0.317 e. The Labute approximate surface area is 87.9 Å². The van der Waals surface area contributed by atoms with Gasteiger partial charge in [-0.25, -0.2) is 4.79 Å². The van der Waals surface area contributed by atoms with Crippen LogP contribution in [0.1, 0.15) is 40.5 Å². The highest BCUT2D eigenvalue weighted by Crippen LogP contribution is 2.07. The zero-order chi connectivity index (χ0) is 11.1. The van der Waals surface area contributed by atoms with Gasteiger partial charge < -0.3 is 10.2 Å². The molecule has 1 N–H and O–H groups in total. The van der Waals surface area contributed by atoms with E-state index in [4.69, 9.17) is 0 Å². The molecule has 84 valence electrons. The van der Waals surface area contributed by atoms with Crippen molar-refractivity contribution in [3.05, 3.63) is 0 Å². The quantitative estimate of drug-likeness (QED) is 0.679. The number of nitrogens with zero attached hydrogens (tertiary/aromatic N) is 1. The Morgan fingerprint density at radius 2 is 1.93 bits per heavy atom. The Morgan fingerprint density at radius 3 is 2.36 bits per heavy atom. The fraction of sp³-hybridized carbons (Fsp3) is 0.909. The van der Waals surface area contributed by atoms with Crippen molar-refractivity contribution < 1.29 is 4.79 Å². The number of rotatable bonds is 5. The second-order valence-corrected chi connectivity index (χ2v) is 4.18. The topological polar surface area (TPSA) is 32.3 Å². The first-order valence-electron chi connectivity index (χ1n) is 5.51. The normalized spacial score (nSPS) is 12.7. The first kappa shape index (κ1) is 13.3. The second-order valence-electron chi connectivity index (χ2n) is 4.18. The van der Waals surface area contributed by atoms with Gasteiger partial charge in [0.1, 0.15) is 0 Å². The lowest BCUT2D eigenvalue weighted by Crippen LogP contribution is -2.44. The minimum Gasteiger partial charge on any atom is -0.338 e. The molecule has 0 bridgehead atoms. The molecule has 0 aromatic rings. The van der Waals surface area contributed by atoms with Crippen molar-refractivity contribution in [2.75, 3.05) is 13.6 Å². The summed E-state index contributed by atoms with van der Waals surface area (Å²) in [6.45, 7) is 9.22. The number of amides is 2. The molecule has 0 aliphatic rings. The molecule has 3 nitrogen and oxygen atoms in total. The monoisotopic (exact) mass is 200 g/mol. The molecule has 0 saturated carbocycles. The lowest BCUT2D eigenvalue weighted by atomic mass is 10.1. The van der Waals surface area contributed by atoms with E-state index in [1.54, 1.807) is 4.90 Å². The Hall–Kier alpha value is -0.730. The molecular formula is C11H24N2O. The fourth-order valence-corrected chi connectivity index (χ4v) is 1.13. The lowest BCUT2D eigenvalue weighted by molar-refractivity contribution is 0.179. The number of hydrogen-bond acceptors (Lipinski definition) is 1. The van der Waals surface area contributed by atoms with Gasteiger partial charge in [0.05, 0.1) is 0 Å². The molecule has 0 heterocycles. The van der Waals surface area contributed by atoms with Gasteiger partial charge in [-0.15, -0.1) is 0 Å². The van der Waals surface area contributed by atoms with E-state index in [1.807, 2.05) is 7.05 Å². The average molecular weight is 200 g/mol. The summed E-state index contributed by atoms with van der Waals surface area (Å²) in [5, 5.41) is 2.91. The Bertz CT molecular complexity index is 169. The van der Waals surface area contributed by atoms with Gasteiger partial charge in [0.2, 0.25) is 0 Å². The molecule has 0 spiro atoms. The second kappa shape index (κ2) is 6.68. The van der Waals surface area contributed by atoms with Crippen LogP contribution in [0.2, 0.25) is 0 Å². The van der Waals surface area contributed by atoms with Crippen molar-refractivity contribution in [2.24, 2.45) is 5.92 Å². The fourth-order valence-electron chi connectivity index (χ4n) is 1.13. The van der Waals surface area contributed by atoms with Crippen molar-refractivity contribution in [2.45, 2.75) is 46.6 Å². The third-order valence-electron chi connectivity index (χ3n) is 2.70. The molecule has 14 heavy (non-hydrogen) atoms. The molecule has 1 unspecified atom stereocenters. The van der Waals surface area contributed by atoms with Crippen LogP contribution < -0.4 is 5.32 Å². The van der Waals surface area contributed by atoms with Gasteiger partial charge in [-0.1, -0.05) is 27.2 Å². The van der Waals surface area contributed by atoms with Gasteiger partial charge in [-0.05, 0) is 19.3 Å². The van der Waals surface area contributed by atoms with Gasteiger partial charge in [-0.3, -0.25) is 0 Å². The van der Waals surface area contributed by atoms with E-state index in [1.165, 1.54) is 0 Å². The van der Waals surface area contributed by atoms with Crippen molar-refractivity contribution in [3.63, 3.8) is 0 Å². The number of urea groups is 1. The summed E-state index contributed by atoms with van der Waals surface area (Å²) in [4.78, 5) is 13.4. The Kier molecular flexibility index (Phi) is 6.34. The van der Waals surface area contributed by atoms with Gasteiger partial charge in [0, 0.05) is 19.6 Å². The number of unbranched alkanes of at least 4 members (excludes halogenated alkanes) is 1. The summed E-state index contributed by atoms with van der Waals surface area (Å²) in [5.41, 5.74) is 0. The molecule has 0 fully saturated rings. The number of carbonyl (C=O) groups excluding carboxylic acids is 1. The van der Waals surface area contributed by atoms with Crippen LogP contribution in [0.15, 0.2) is 0 Å². The predicted molar refractivity (Wildman–Crippen MR) is 60.4 cm³/mol. The molecule has 1 atom stereocenters. The minimum absolute atomic E-state index is 0.0413. The predicted octanol–water partition coefficient (Wildman–Crippen LogP) is 2.47. The molecule has 0 aromatic carbocycles. The van der Waals surface area contributed by atoms with Gasteiger partial charge in [-0.2, -0.15) is 0 Å². The largest absolute Gasteiger partial charge is 0.338 e. The zero-order valence-corrected chi connectivity index (χ0v) is 10.1. The van der Waals surface area contributed by atoms with Gasteiger partial charge in [0.15, 0.2) is 0 Å². The number of carbonyl (C=O) groups is 1. The van der Waals surface area contributed by atoms with Crippen LogP contribution in [0.5, 0.6) is 0 Å². The van der Waals surface area contributed by atoms with E-state index in [2.05, 4.69) is 33.0 Å². The molecule has 0 saturated heterocycles. The highest BCUT2D eigenvalue weighted by atomic mass is 16.2. The van der Waals surface area contributed by atoms with Crippen LogP contribution in [0.4, 0.5) is 4.79 Å². The summed E-state index contributed by atoms with van der Waals surface area (Å²) in [6.07, 6.45) is 2.17. The van der Waals surface area contributed by atoms with Crippen LogP contribution in [0.3, 0.4) is 0 Å².